The first-order valence-electron chi connectivity index (χ1n) is 29.2. The average molecular weight is 1090 g/mol. The number of carbonyl (C=O) groups is 3. The number of piperazine rings is 1. The molecule has 7 aliphatic rings. The van der Waals surface area contributed by atoms with E-state index < -0.39 is 11.5 Å². The zero-order valence-electron chi connectivity index (χ0n) is 47.4. The number of amides is 2. The summed E-state index contributed by atoms with van der Waals surface area (Å²) in [6.07, 6.45) is 7.65. The van der Waals surface area contributed by atoms with Crippen LogP contribution >= 0.6 is 11.3 Å². The zero-order valence-corrected chi connectivity index (χ0v) is 48.2. The molecule has 7 fully saturated rings. The van der Waals surface area contributed by atoms with Crippen molar-refractivity contribution in [2.75, 3.05) is 72.7 Å². The smallest absolute Gasteiger partial charge is 0.293 e. The van der Waals surface area contributed by atoms with Gasteiger partial charge < -0.3 is 24.1 Å². The molecule has 12 rings (SSSR count). The number of aryl methyl sites for hydroxylation is 1. The molecule has 7 atom stereocenters. The first-order chi connectivity index (χ1) is 38.3. The number of hydrazine groups is 1. The van der Waals surface area contributed by atoms with Crippen LogP contribution in [0.1, 0.15) is 126 Å². The average Bonchev–Trinajstić information content (AvgIpc) is 4.55. The van der Waals surface area contributed by atoms with Gasteiger partial charge in [-0.2, -0.15) is 0 Å². The summed E-state index contributed by atoms with van der Waals surface area (Å²) in [6, 6.07) is 19.7. The van der Waals surface area contributed by atoms with E-state index in [1.54, 1.807) is 18.4 Å². The number of thiazole rings is 1. The molecule has 0 radical (unpaired) electrons. The molecule has 2 N–H and O–H groups in total. The molecule has 3 aliphatic carbocycles. The summed E-state index contributed by atoms with van der Waals surface area (Å²) in [6.45, 7) is 22.1. The van der Waals surface area contributed by atoms with Gasteiger partial charge in [0.05, 0.1) is 55.1 Å². The van der Waals surface area contributed by atoms with Crippen LogP contribution in [0, 0.1) is 35.0 Å². The molecule has 16 heteroatoms. The lowest BCUT2D eigenvalue weighted by molar-refractivity contribution is -0.148. The Labute approximate surface area is 471 Å². The van der Waals surface area contributed by atoms with E-state index in [1.165, 1.54) is 18.4 Å². The van der Waals surface area contributed by atoms with Gasteiger partial charge in [0.1, 0.15) is 5.01 Å². The van der Waals surface area contributed by atoms with Crippen LogP contribution in [0.25, 0.3) is 33.4 Å². The van der Waals surface area contributed by atoms with Gasteiger partial charge in [0.25, 0.3) is 6.47 Å². The largest absolute Gasteiger partial charge is 0.467 e. The third-order valence-electron chi connectivity index (χ3n) is 18.1. The van der Waals surface area contributed by atoms with Crippen LogP contribution in [0.4, 0.5) is 0 Å². The van der Waals surface area contributed by atoms with E-state index in [4.69, 9.17) is 24.2 Å². The Morgan fingerprint density at radius 3 is 2.47 bits per heavy atom. The summed E-state index contributed by atoms with van der Waals surface area (Å²) in [7, 11) is 1.73. The van der Waals surface area contributed by atoms with Gasteiger partial charge in [-0.25, -0.2) is 10.4 Å². The van der Waals surface area contributed by atoms with Crippen molar-refractivity contribution in [2.45, 2.75) is 135 Å². The fourth-order valence-corrected chi connectivity index (χ4v) is 14.3. The maximum atomic E-state index is 14.4. The highest BCUT2D eigenvalue weighted by Crippen LogP contribution is 2.54. The van der Waals surface area contributed by atoms with Crippen molar-refractivity contribution < 1.29 is 28.6 Å². The van der Waals surface area contributed by atoms with Gasteiger partial charge in [-0.3, -0.25) is 39.1 Å². The summed E-state index contributed by atoms with van der Waals surface area (Å²) in [5.74, 6) is 8.02. The molecule has 2 amide bonds. The van der Waals surface area contributed by atoms with Gasteiger partial charge in [0, 0.05) is 135 Å². The summed E-state index contributed by atoms with van der Waals surface area (Å²) in [5.41, 5.74) is 11.9. The molecular weight excluding hydrogens is 1010 g/mol. The highest BCUT2D eigenvalue weighted by Gasteiger charge is 2.53. The molecule has 2 bridgehead atoms. The second kappa shape index (κ2) is 23.9. The number of methoxy groups -OCH3 is 1. The van der Waals surface area contributed by atoms with E-state index in [9.17, 15) is 14.4 Å². The normalized spacial score (nSPS) is 24.2. The number of rotatable bonds is 21. The lowest BCUT2D eigenvalue weighted by Gasteiger charge is -2.49. The lowest BCUT2D eigenvalue weighted by Crippen LogP contribution is -2.63. The predicted molar refractivity (Wildman–Crippen MR) is 309 cm³/mol. The zero-order chi connectivity index (χ0) is 55.0. The van der Waals surface area contributed by atoms with E-state index in [-0.39, 0.29) is 66.8 Å². The molecule has 4 saturated heterocycles. The Morgan fingerprint density at radius 2 is 1.77 bits per heavy atom. The minimum atomic E-state index is -0.424. The van der Waals surface area contributed by atoms with Gasteiger partial charge in [-0.05, 0) is 106 Å². The van der Waals surface area contributed by atoms with E-state index >= 15 is 0 Å². The van der Waals surface area contributed by atoms with Gasteiger partial charge in [-0.15, -0.1) is 11.3 Å². The molecule has 7 heterocycles. The van der Waals surface area contributed by atoms with Crippen LogP contribution in [0.2, 0.25) is 0 Å². The fraction of sp³-hybridized carbons (Fsp3) is 0.571. The number of aromatic nitrogens is 3. The maximum Gasteiger partial charge on any atom is 0.293 e. The second-order valence-corrected chi connectivity index (χ2v) is 25.0. The fourth-order valence-electron chi connectivity index (χ4n) is 13.3. The predicted octanol–water partition coefficient (Wildman–Crippen LogP) is 8.63. The number of ether oxygens (including phenoxy) is 3. The van der Waals surface area contributed by atoms with Crippen LogP contribution in [-0.4, -0.2) is 149 Å². The third-order valence-corrected chi connectivity index (χ3v) is 19.1. The molecule has 4 aliphatic heterocycles. The SMILES string of the molecule is CCn1c(-c2cc(C#C[C@@H](C)N3CCN(C4CC4)CC3)cnc2[C@H](C)OC)c(CC(C)(C)COC=O)c2cc(-c3csc([C@H](CC(CC(=O)N4NCC5CC4C5)NC(=O)[C@@H]4[C@@H](C)[C@H]4c4ccccc4)N4CCOCC4)n3)ccc21. The number of benzene rings is 2. The van der Waals surface area contributed by atoms with Crippen LogP contribution in [0.15, 0.2) is 66.2 Å². The Bertz CT molecular complexity index is 3030. The molecule has 5 aromatic rings. The number of hydrogen-bond donors (Lipinski definition) is 2. The van der Waals surface area contributed by atoms with E-state index in [1.807, 2.05) is 36.3 Å². The summed E-state index contributed by atoms with van der Waals surface area (Å²) < 4.78 is 19.8. The van der Waals surface area contributed by atoms with E-state index in [2.05, 4.69) is 118 Å². The number of nitrogens with one attached hydrogen (secondary N) is 2. The minimum Gasteiger partial charge on any atom is -0.467 e. The third kappa shape index (κ3) is 12.1. The molecular formula is C63H81N9O6S. The van der Waals surface area contributed by atoms with Crippen molar-refractivity contribution in [3.8, 4) is 34.4 Å². The van der Waals surface area contributed by atoms with Crippen LogP contribution in [0.5, 0.6) is 0 Å². The Morgan fingerprint density at radius 1 is 1.00 bits per heavy atom. The van der Waals surface area contributed by atoms with Gasteiger partial charge in [0.15, 0.2) is 0 Å². The van der Waals surface area contributed by atoms with Crippen LogP contribution in [-0.2, 0) is 41.6 Å². The van der Waals surface area contributed by atoms with Crippen molar-refractivity contribution in [1.29, 1.82) is 0 Å². The Balaban J connectivity index is 0.932. The Kier molecular flexibility index (Phi) is 16.8. The number of hydrogen-bond acceptors (Lipinski definition) is 13. The standard InChI is InChI=1S/C63H81N9O6S/c1-8-71-54-19-16-46(31-50(54)52(34-63(5,6)38-78-39-73)60(71)51-30-43(35-64-59(51)42(4)76-7)15-14-40(2)68-20-22-69(23-21-68)48-17-18-48)53-37-79-62(67-53)55(70-24-26-77-27-25-70)32-47(33-56(74)72-49-28-44(29-49)36-65-72)66-61(75)58-41(3)57(58)45-12-10-9-11-13-45/h9-13,16,19,30-31,35,37,39-42,44,47-49,55,57-58,65H,8,17-18,20-29,32-34,36,38H2,1-7H3,(H,66,75)/t40-,41+,42+,44?,47?,49?,55+,57+,58-/m1/s1. The molecule has 0 spiro atoms. The molecule has 1 unspecified atom stereocenters. The van der Waals surface area contributed by atoms with Gasteiger partial charge in [0.2, 0.25) is 11.8 Å². The summed E-state index contributed by atoms with van der Waals surface area (Å²) in [5, 5.41) is 9.51. The number of morpholine rings is 1. The highest BCUT2D eigenvalue weighted by molar-refractivity contribution is 7.10. The van der Waals surface area contributed by atoms with Crippen molar-refractivity contribution in [2.24, 2.45) is 23.2 Å². The molecule has 3 aromatic heterocycles. The number of pyridine rings is 1. The van der Waals surface area contributed by atoms with E-state index in [0.29, 0.717) is 45.0 Å². The highest BCUT2D eigenvalue weighted by atomic mass is 32.1. The number of nitrogens with zero attached hydrogens (tertiary/aromatic N) is 7. The minimum absolute atomic E-state index is 0.0142. The molecule has 15 nitrogen and oxygen atoms in total. The van der Waals surface area contributed by atoms with Gasteiger partial charge >= 0.3 is 0 Å². The van der Waals surface area contributed by atoms with Crippen LogP contribution in [0.3, 0.4) is 0 Å². The quantitative estimate of drug-likeness (QED) is 0.0536. The number of fused-ring (bicyclic) bond motifs is 3. The first kappa shape index (κ1) is 55.4. The Hall–Kier alpha value is -5.51. The van der Waals surface area contributed by atoms with Crippen molar-refractivity contribution in [1.82, 2.24) is 45.0 Å². The van der Waals surface area contributed by atoms with Gasteiger partial charge in [-0.1, -0.05) is 69.0 Å². The molecule has 79 heavy (non-hydrogen) atoms. The van der Waals surface area contributed by atoms with Crippen molar-refractivity contribution in [3.63, 3.8) is 0 Å². The maximum absolute atomic E-state index is 14.4. The number of carbonyl (C=O) groups excluding carboxylic acids is 3. The second-order valence-electron chi connectivity index (χ2n) is 24.2. The van der Waals surface area contributed by atoms with Crippen molar-refractivity contribution >= 4 is 40.5 Å². The molecule has 420 valence electrons. The topological polar surface area (TPSA) is 147 Å². The lowest BCUT2D eigenvalue weighted by atomic mass is 9.78. The van der Waals surface area contributed by atoms with E-state index in [0.717, 1.165) is 120 Å². The van der Waals surface area contributed by atoms with Crippen LogP contribution < -0.4 is 10.7 Å². The van der Waals surface area contributed by atoms with Crippen molar-refractivity contribution in [3.05, 3.63) is 93.6 Å². The molecule has 2 aromatic carbocycles. The summed E-state index contributed by atoms with van der Waals surface area (Å²) in [4.78, 5) is 58.5. The monoisotopic (exact) mass is 1090 g/mol. The molecule has 3 saturated carbocycles. The first-order valence-corrected chi connectivity index (χ1v) is 30.1. The summed E-state index contributed by atoms with van der Waals surface area (Å²) >= 11 is 1.64.